The molecule has 0 aromatic carbocycles. The van der Waals surface area contributed by atoms with Gasteiger partial charge < -0.3 is 19.7 Å². The SMILES string of the molecule is CCCCCCCCCCCCCCC(O)C1CCC(C(O)CCCCCCCCCCCCC2=CC(C)OC2=O)O1. The van der Waals surface area contributed by atoms with Gasteiger partial charge in [0.2, 0.25) is 0 Å². The van der Waals surface area contributed by atoms with Gasteiger partial charge in [-0.1, -0.05) is 142 Å². The van der Waals surface area contributed by atoms with Gasteiger partial charge in [0.15, 0.2) is 0 Å². The molecule has 5 unspecified atom stereocenters. The molecule has 0 aliphatic carbocycles. The van der Waals surface area contributed by atoms with Crippen molar-refractivity contribution >= 4 is 5.97 Å². The van der Waals surface area contributed by atoms with Crippen LogP contribution >= 0.6 is 0 Å². The summed E-state index contributed by atoms with van der Waals surface area (Å²) in [6.07, 6.45) is 33.4. The van der Waals surface area contributed by atoms with E-state index < -0.39 is 0 Å². The molecule has 0 aromatic heterocycles. The molecule has 5 atom stereocenters. The minimum Gasteiger partial charge on any atom is -0.455 e. The van der Waals surface area contributed by atoms with Crippen LogP contribution < -0.4 is 0 Å². The Hall–Kier alpha value is -0.910. The number of hydrogen-bond donors (Lipinski definition) is 2. The summed E-state index contributed by atoms with van der Waals surface area (Å²) in [5, 5.41) is 21.3. The fraction of sp³-hybridized carbons (Fsp3) is 0.919. The third kappa shape index (κ3) is 17.4. The van der Waals surface area contributed by atoms with E-state index in [-0.39, 0.29) is 36.5 Å². The van der Waals surface area contributed by atoms with E-state index in [1.165, 1.54) is 122 Å². The van der Waals surface area contributed by atoms with Gasteiger partial charge in [0.1, 0.15) is 6.10 Å². The number of hydrogen-bond acceptors (Lipinski definition) is 5. The second-order valence-corrected chi connectivity index (χ2v) is 13.5. The summed E-state index contributed by atoms with van der Waals surface area (Å²) in [6, 6.07) is 0. The van der Waals surface area contributed by atoms with Crippen molar-refractivity contribution in [3.8, 4) is 0 Å². The molecule has 5 heteroatoms. The summed E-state index contributed by atoms with van der Waals surface area (Å²) in [4.78, 5) is 11.6. The highest BCUT2D eigenvalue weighted by molar-refractivity contribution is 5.90. The Labute approximate surface area is 259 Å². The van der Waals surface area contributed by atoms with Crippen LogP contribution in [0.25, 0.3) is 0 Å². The monoisotopic (exact) mass is 593 g/mol. The van der Waals surface area contributed by atoms with E-state index in [4.69, 9.17) is 9.47 Å². The molecule has 0 bridgehead atoms. The highest BCUT2D eigenvalue weighted by Crippen LogP contribution is 2.28. The van der Waals surface area contributed by atoms with E-state index in [9.17, 15) is 15.0 Å². The maximum Gasteiger partial charge on any atom is 0.334 e. The fourth-order valence-electron chi connectivity index (χ4n) is 6.72. The van der Waals surface area contributed by atoms with Crippen LogP contribution in [0.5, 0.6) is 0 Å². The third-order valence-electron chi connectivity index (χ3n) is 9.48. The van der Waals surface area contributed by atoms with Crippen LogP contribution in [0.15, 0.2) is 11.6 Å². The molecule has 0 saturated carbocycles. The van der Waals surface area contributed by atoms with Crippen molar-refractivity contribution in [3.63, 3.8) is 0 Å². The lowest BCUT2D eigenvalue weighted by molar-refractivity contribution is -0.139. The summed E-state index contributed by atoms with van der Waals surface area (Å²) >= 11 is 0. The van der Waals surface area contributed by atoms with Gasteiger partial charge in [0.25, 0.3) is 0 Å². The molecule has 2 heterocycles. The van der Waals surface area contributed by atoms with Gasteiger partial charge in [0, 0.05) is 5.57 Å². The number of unbranched alkanes of at least 4 members (excludes halogenated alkanes) is 20. The Balaban J connectivity index is 1.33. The van der Waals surface area contributed by atoms with E-state index in [0.29, 0.717) is 0 Å². The molecule has 0 amide bonds. The van der Waals surface area contributed by atoms with Crippen molar-refractivity contribution in [2.24, 2.45) is 0 Å². The predicted octanol–water partition coefficient (Wildman–Crippen LogP) is 9.90. The van der Waals surface area contributed by atoms with E-state index in [1.807, 2.05) is 13.0 Å². The van der Waals surface area contributed by atoms with E-state index in [0.717, 1.165) is 56.9 Å². The summed E-state index contributed by atoms with van der Waals surface area (Å²) in [6.45, 7) is 4.19. The van der Waals surface area contributed by atoms with Crippen LogP contribution in [0.4, 0.5) is 0 Å². The minimum absolute atomic E-state index is 0.0446. The zero-order valence-corrected chi connectivity index (χ0v) is 27.7. The molecule has 0 aromatic rings. The highest BCUT2D eigenvalue weighted by Gasteiger charge is 2.34. The molecule has 2 aliphatic rings. The van der Waals surface area contributed by atoms with Gasteiger partial charge in [-0.15, -0.1) is 0 Å². The van der Waals surface area contributed by atoms with Crippen LogP contribution in [-0.2, 0) is 14.3 Å². The number of esters is 1. The Morgan fingerprint density at radius 3 is 1.40 bits per heavy atom. The number of aliphatic hydroxyl groups excluding tert-OH is 2. The maximum absolute atomic E-state index is 11.6. The number of carbonyl (C=O) groups is 1. The molecule has 2 N–H and O–H groups in total. The molecular weight excluding hydrogens is 524 g/mol. The largest absolute Gasteiger partial charge is 0.455 e. The normalized spacial score (nSPS) is 22.0. The molecular formula is C37H68O5. The summed E-state index contributed by atoms with van der Waals surface area (Å²) in [5.74, 6) is -0.117. The van der Waals surface area contributed by atoms with Crippen molar-refractivity contribution in [2.45, 2.75) is 218 Å². The van der Waals surface area contributed by atoms with Gasteiger partial charge in [-0.25, -0.2) is 4.79 Å². The lowest BCUT2D eigenvalue weighted by Gasteiger charge is -2.22. The lowest BCUT2D eigenvalue weighted by atomic mass is 10.00. The molecule has 2 rings (SSSR count). The highest BCUT2D eigenvalue weighted by atomic mass is 16.5. The first kappa shape index (κ1) is 37.3. The van der Waals surface area contributed by atoms with Crippen LogP contribution in [0.2, 0.25) is 0 Å². The van der Waals surface area contributed by atoms with E-state index in [2.05, 4.69) is 6.92 Å². The average molecular weight is 593 g/mol. The number of carbonyl (C=O) groups excluding carboxylic acids is 1. The quantitative estimate of drug-likeness (QED) is 0.0698. The fourth-order valence-corrected chi connectivity index (χ4v) is 6.72. The van der Waals surface area contributed by atoms with Crippen molar-refractivity contribution in [1.29, 1.82) is 0 Å². The van der Waals surface area contributed by atoms with Crippen LogP contribution in [0.1, 0.15) is 187 Å². The molecule has 246 valence electrons. The van der Waals surface area contributed by atoms with Gasteiger partial charge in [0.05, 0.1) is 24.4 Å². The standard InChI is InChI=1S/C37H68O5/c1-3-4-5-6-7-8-9-10-14-17-20-23-26-33(38)35-28-29-36(42-35)34(39)27-24-21-18-15-12-11-13-16-19-22-25-32-30-31(2)41-37(32)40/h30-31,33-36,38-39H,3-29H2,1-2H3. The zero-order chi connectivity index (χ0) is 30.3. The summed E-state index contributed by atoms with van der Waals surface area (Å²) in [5.41, 5.74) is 0.870. The topological polar surface area (TPSA) is 76.0 Å². The molecule has 0 radical (unpaired) electrons. The average Bonchev–Trinajstić information content (AvgIpc) is 3.60. The minimum atomic E-state index is -0.390. The first-order chi connectivity index (χ1) is 20.5. The molecule has 5 nitrogen and oxygen atoms in total. The first-order valence-corrected chi connectivity index (χ1v) is 18.4. The van der Waals surface area contributed by atoms with Crippen molar-refractivity contribution in [3.05, 3.63) is 11.6 Å². The van der Waals surface area contributed by atoms with Crippen molar-refractivity contribution in [1.82, 2.24) is 0 Å². The van der Waals surface area contributed by atoms with Crippen molar-refractivity contribution < 1.29 is 24.5 Å². The maximum atomic E-state index is 11.6. The smallest absolute Gasteiger partial charge is 0.334 e. The number of cyclic esters (lactones) is 1. The Morgan fingerprint density at radius 2 is 1.02 bits per heavy atom. The molecule has 1 saturated heterocycles. The number of ether oxygens (including phenoxy) is 2. The molecule has 2 aliphatic heterocycles. The second-order valence-electron chi connectivity index (χ2n) is 13.5. The van der Waals surface area contributed by atoms with Crippen LogP contribution in [-0.4, -0.2) is 46.7 Å². The van der Waals surface area contributed by atoms with Gasteiger partial charge in [-0.05, 0) is 51.5 Å². The molecule has 1 fully saturated rings. The van der Waals surface area contributed by atoms with E-state index in [1.54, 1.807) is 0 Å². The van der Waals surface area contributed by atoms with Crippen LogP contribution in [0, 0.1) is 0 Å². The first-order valence-electron chi connectivity index (χ1n) is 18.4. The van der Waals surface area contributed by atoms with Gasteiger partial charge in [-0.2, -0.15) is 0 Å². The Morgan fingerprint density at radius 1 is 0.643 bits per heavy atom. The van der Waals surface area contributed by atoms with Crippen molar-refractivity contribution in [2.75, 3.05) is 0 Å². The number of aliphatic hydroxyl groups is 2. The summed E-state index contributed by atoms with van der Waals surface area (Å²) in [7, 11) is 0. The Kier molecular flexibility index (Phi) is 21.7. The lowest BCUT2D eigenvalue weighted by Crippen LogP contribution is -2.31. The predicted molar refractivity (Wildman–Crippen MR) is 175 cm³/mol. The molecule has 0 spiro atoms. The molecule has 42 heavy (non-hydrogen) atoms. The van der Waals surface area contributed by atoms with E-state index >= 15 is 0 Å². The van der Waals surface area contributed by atoms with Gasteiger partial charge in [-0.3, -0.25) is 0 Å². The van der Waals surface area contributed by atoms with Gasteiger partial charge >= 0.3 is 5.97 Å². The third-order valence-corrected chi connectivity index (χ3v) is 9.48. The number of rotatable bonds is 28. The second kappa shape index (κ2) is 24.4. The van der Waals surface area contributed by atoms with Crippen LogP contribution in [0.3, 0.4) is 0 Å². The Bertz CT molecular complexity index is 692. The summed E-state index contributed by atoms with van der Waals surface area (Å²) < 4.78 is 11.3. The zero-order valence-electron chi connectivity index (χ0n) is 27.7.